The largest absolute Gasteiger partial charge is 0.497 e. The molecule has 29 heavy (non-hydrogen) atoms. The molecular formula is C20H15N5O3S. The van der Waals surface area contributed by atoms with Gasteiger partial charge in [0.2, 0.25) is 0 Å². The highest BCUT2D eigenvalue weighted by Crippen LogP contribution is 2.34. The van der Waals surface area contributed by atoms with Crippen LogP contribution in [0.4, 0.5) is 11.5 Å². The van der Waals surface area contributed by atoms with Crippen molar-refractivity contribution >= 4 is 34.8 Å². The van der Waals surface area contributed by atoms with Crippen LogP contribution in [-0.2, 0) is 0 Å². The van der Waals surface area contributed by atoms with E-state index in [1.165, 1.54) is 12.1 Å². The minimum absolute atomic E-state index is 0.00901. The van der Waals surface area contributed by atoms with E-state index in [1.807, 2.05) is 30.3 Å². The van der Waals surface area contributed by atoms with Gasteiger partial charge in [0.15, 0.2) is 10.4 Å². The lowest BCUT2D eigenvalue weighted by molar-refractivity contribution is -0.384. The summed E-state index contributed by atoms with van der Waals surface area (Å²) in [6, 6.07) is 15.6. The molecule has 0 bridgehead atoms. The minimum Gasteiger partial charge on any atom is -0.497 e. The molecule has 144 valence electrons. The average molecular weight is 405 g/mol. The number of nitro groups is 1. The quantitative estimate of drug-likeness (QED) is 0.291. The second kappa shape index (κ2) is 7.28. The van der Waals surface area contributed by atoms with E-state index in [0.29, 0.717) is 28.1 Å². The smallest absolute Gasteiger partial charge is 0.269 e. The van der Waals surface area contributed by atoms with E-state index in [2.05, 4.69) is 15.0 Å². The second-order valence-corrected chi connectivity index (χ2v) is 6.63. The van der Waals surface area contributed by atoms with E-state index in [0.717, 1.165) is 16.9 Å². The Morgan fingerprint density at radius 2 is 1.72 bits per heavy atom. The Morgan fingerprint density at radius 3 is 2.34 bits per heavy atom. The van der Waals surface area contributed by atoms with Gasteiger partial charge in [-0.25, -0.2) is 4.98 Å². The number of hydrogen-bond donors (Lipinski definition) is 2. The first-order valence-electron chi connectivity index (χ1n) is 8.56. The number of nitrogens with one attached hydrogen (secondary N) is 1. The molecule has 0 saturated heterocycles. The third-order valence-corrected chi connectivity index (χ3v) is 4.69. The number of H-pyrrole nitrogens is 1. The number of aromatic nitrogens is 3. The third kappa shape index (κ3) is 3.50. The Bertz CT molecular complexity index is 1280. The van der Waals surface area contributed by atoms with E-state index < -0.39 is 4.92 Å². The molecule has 0 saturated carbocycles. The summed E-state index contributed by atoms with van der Waals surface area (Å²) in [5.41, 5.74) is 9.61. The van der Waals surface area contributed by atoms with Gasteiger partial charge in [0.1, 0.15) is 11.6 Å². The van der Waals surface area contributed by atoms with Crippen molar-refractivity contribution in [3.05, 3.63) is 69.5 Å². The van der Waals surface area contributed by atoms with Gasteiger partial charge in [0, 0.05) is 17.7 Å². The highest BCUT2D eigenvalue weighted by atomic mass is 32.1. The van der Waals surface area contributed by atoms with Crippen LogP contribution in [0.15, 0.2) is 54.6 Å². The maximum absolute atomic E-state index is 10.9. The van der Waals surface area contributed by atoms with Crippen LogP contribution in [0, 0.1) is 14.9 Å². The number of methoxy groups -OCH3 is 1. The van der Waals surface area contributed by atoms with Crippen molar-refractivity contribution in [3.63, 3.8) is 0 Å². The predicted molar refractivity (Wildman–Crippen MR) is 113 cm³/mol. The molecule has 0 amide bonds. The summed E-state index contributed by atoms with van der Waals surface area (Å²) < 4.78 is 5.46. The summed E-state index contributed by atoms with van der Waals surface area (Å²) in [6.07, 6.45) is 0. The van der Waals surface area contributed by atoms with Crippen LogP contribution in [0.5, 0.6) is 5.75 Å². The molecule has 9 heteroatoms. The zero-order valence-corrected chi connectivity index (χ0v) is 16.1. The number of hydrogen-bond acceptors (Lipinski definition) is 7. The summed E-state index contributed by atoms with van der Waals surface area (Å²) in [6.45, 7) is 0. The number of fused-ring (bicyclic) bond motifs is 1. The number of pyridine rings is 1. The van der Waals surface area contributed by atoms with Crippen LogP contribution in [-0.4, -0.2) is 27.0 Å². The molecule has 0 aliphatic carbocycles. The van der Waals surface area contributed by atoms with Gasteiger partial charge in [0.25, 0.3) is 5.69 Å². The Labute approximate surface area is 170 Å². The van der Waals surface area contributed by atoms with Crippen molar-refractivity contribution in [3.8, 4) is 28.1 Å². The van der Waals surface area contributed by atoms with Crippen LogP contribution >= 0.6 is 12.2 Å². The minimum atomic E-state index is -0.443. The lowest BCUT2D eigenvalue weighted by Crippen LogP contribution is -2.00. The summed E-state index contributed by atoms with van der Waals surface area (Å²) in [7, 11) is 1.60. The number of rotatable bonds is 4. The fourth-order valence-corrected chi connectivity index (χ4v) is 3.28. The van der Waals surface area contributed by atoms with Crippen molar-refractivity contribution in [2.45, 2.75) is 0 Å². The van der Waals surface area contributed by atoms with Gasteiger partial charge in [-0.2, -0.15) is 4.98 Å². The zero-order chi connectivity index (χ0) is 20.5. The molecule has 0 aliphatic heterocycles. The lowest BCUT2D eigenvalue weighted by atomic mass is 9.99. The molecule has 4 rings (SSSR count). The van der Waals surface area contributed by atoms with E-state index in [-0.39, 0.29) is 10.5 Å². The monoisotopic (exact) mass is 405 g/mol. The normalized spacial score (nSPS) is 10.8. The molecule has 2 heterocycles. The molecule has 0 spiro atoms. The Hall–Kier alpha value is -3.85. The first kappa shape index (κ1) is 18.5. The predicted octanol–water partition coefficient (Wildman–Crippen LogP) is 4.52. The van der Waals surface area contributed by atoms with Crippen LogP contribution in [0.3, 0.4) is 0 Å². The highest BCUT2D eigenvalue weighted by Gasteiger charge is 2.15. The second-order valence-electron chi connectivity index (χ2n) is 6.24. The SMILES string of the molecule is COc1ccc(-c2cc(-c3ccc([N+](=O)[O-])cc3)nc3nc(=S)[nH]c(N)c23)cc1. The van der Waals surface area contributed by atoms with Crippen molar-refractivity contribution in [2.24, 2.45) is 0 Å². The van der Waals surface area contributed by atoms with Gasteiger partial charge in [0.05, 0.1) is 23.1 Å². The van der Waals surface area contributed by atoms with Crippen molar-refractivity contribution in [2.75, 3.05) is 12.8 Å². The molecule has 8 nitrogen and oxygen atoms in total. The number of ether oxygens (including phenoxy) is 1. The molecule has 2 aromatic heterocycles. The van der Waals surface area contributed by atoms with Gasteiger partial charge in [-0.15, -0.1) is 0 Å². The van der Waals surface area contributed by atoms with E-state index in [4.69, 9.17) is 22.7 Å². The van der Waals surface area contributed by atoms with E-state index in [1.54, 1.807) is 19.2 Å². The van der Waals surface area contributed by atoms with Gasteiger partial charge in [-0.3, -0.25) is 10.1 Å². The molecule has 2 aromatic carbocycles. The van der Waals surface area contributed by atoms with Crippen molar-refractivity contribution in [1.29, 1.82) is 0 Å². The summed E-state index contributed by atoms with van der Waals surface area (Å²) in [4.78, 5) is 22.3. The number of nitro benzene ring substituents is 1. The molecule has 3 N–H and O–H groups in total. The first-order chi connectivity index (χ1) is 14.0. The zero-order valence-electron chi connectivity index (χ0n) is 15.2. The van der Waals surface area contributed by atoms with Gasteiger partial charge < -0.3 is 15.5 Å². The number of aromatic amines is 1. The first-order valence-corrected chi connectivity index (χ1v) is 8.97. The Balaban J connectivity index is 1.97. The molecule has 4 aromatic rings. The standard InChI is InChI=1S/C20H15N5O3S/c1-28-14-8-4-11(5-9-14)15-10-16(12-2-6-13(7-3-12)25(26)27)22-19-17(15)18(21)23-20(29)24-19/h2-10H,1H3,(H3,21,22,23,24,29). The van der Waals surface area contributed by atoms with Crippen LogP contribution in [0.1, 0.15) is 0 Å². The summed E-state index contributed by atoms with van der Waals surface area (Å²) >= 11 is 5.15. The van der Waals surface area contributed by atoms with Crippen LogP contribution in [0.25, 0.3) is 33.4 Å². The van der Waals surface area contributed by atoms with E-state index >= 15 is 0 Å². The summed E-state index contributed by atoms with van der Waals surface area (Å²) in [5, 5.41) is 11.6. The maximum Gasteiger partial charge on any atom is 0.269 e. The van der Waals surface area contributed by atoms with Crippen molar-refractivity contribution < 1.29 is 9.66 Å². The molecule has 0 fully saturated rings. The molecule has 0 atom stereocenters. The number of anilines is 1. The van der Waals surface area contributed by atoms with E-state index in [9.17, 15) is 10.1 Å². The lowest BCUT2D eigenvalue weighted by Gasteiger charge is -2.12. The van der Waals surface area contributed by atoms with Crippen molar-refractivity contribution in [1.82, 2.24) is 15.0 Å². The van der Waals surface area contributed by atoms with Gasteiger partial charge in [-0.1, -0.05) is 12.1 Å². The highest BCUT2D eigenvalue weighted by molar-refractivity contribution is 7.71. The number of nitrogen functional groups attached to an aromatic ring is 1. The van der Waals surface area contributed by atoms with Crippen LogP contribution in [0.2, 0.25) is 0 Å². The number of benzene rings is 2. The molecule has 0 radical (unpaired) electrons. The fraction of sp³-hybridized carbons (Fsp3) is 0.0500. The summed E-state index contributed by atoms with van der Waals surface area (Å²) in [5.74, 6) is 1.10. The topological polar surface area (TPSA) is 120 Å². The fourth-order valence-electron chi connectivity index (χ4n) is 3.08. The third-order valence-electron chi connectivity index (χ3n) is 4.49. The maximum atomic E-state index is 10.9. The Kier molecular flexibility index (Phi) is 4.65. The van der Waals surface area contributed by atoms with Gasteiger partial charge >= 0.3 is 0 Å². The van der Waals surface area contributed by atoms with Crippen LogP contribution < -0.4 is 10.5 Å². The number of non-ortho nitro benzene ring substituents is 1. The average Bonchev–Trinajstić information content (AvgIpc) is 2.72. The molecular weight excluding hydrogens is 390 g/mol. The molecule has 0 aliphatic rings. The van der Waals surface area contributed by atoms with Gasteiger partial charge in [-0.05, 0) is 53.7 Å². The Morgan fingerprint density at radius 1 is 1.07 bits per heavy atom. The number of nitrogens with zero attached hydrogens (tertiary/aromatic N) is 3. The molecule has 0 unspecified atom stereocenters. The number of nitrogens with two attached hydrogens (primary N) is 1.